The molecule has 2 aliphatic rings. The minimum absolute atomic E-state index is 0.0199. The number of para-hydroxylation sites is 1. The molecule has 0 bridgehead atoms. The highest BCUT2D eigenvalue weighted by Gasteiger charge is 2.51. The average Bonchev–Trinajstić information content (AvgIpc) is 2.78. The summed E-state index contributed by atoms with van der Waals surface area (Å²) in [5.41, 5.74) is 1.03. The molecule has 7 heteroatoms. The number of β-lactam (4-membered cyclic amide) rings is 1. The molecule has 2 fully saturated rings. The molecule has 3 heterocycles. The maximum Gasteiger partial charge on any atom is 0.260 e. The fourth-order valence-electron chi connectivity index (χ4n) is 4.16. The molecule has 0 spiro atoms. The van der Waals surface area contributed by atoms with E-state index in [4.69, 9.17) is 9.47 Å². The number of benzene rings is 1. The number of nitrogens with zero attached hydrogens (tertiary/aromatic N) is 3. The lowest BCUT2D eigenvalue weighted by Crippen LogP contribution is -2.64. The van der Waals surface area contributed by atoms with E-state index in [1.807, 2.05) is 52.3 Å². The van der Waals surface area contributed by atoms with Crippen molar-refractivity contribution in [3.63, 3.8) is 0 Å². The van der Waals surface area contributed by atoms with Crippen molar-refractivity contribution in [2.24, 2.45) is 0 Å². The van der Waals surface area contributed by atoms with E-state index in [9.17, 15) is 9.59 Å². The summed E-state index contributed by atoms with van der Waals surface area (Å²) < 4.78 is 11.0. The maximum absolute atomic E-state index is 12.6. The van der Waals surface area contributed by atoms with Crippen molar-refractivity contribution in [1.82, 2.24) is 14.8 Å². The molecule has 0 aliphatic carbocycles. The van der Waals surface area contributed by atoms with Gasteiger partial charge in [-0.25, -0.2) is 0 Å². The van der Waals surface area contributed by atoms with Gasteiger partial charge in [-0.05, 0) is 42.7 Å². The Morgan fingerprint density at radius 2 is 1.79 bits per heavy atom. The van der Waals surface area contributed by atoms with Crippen LogP contribution in [0.1, 0.15) is 24.4 Å². The Morgan fingerprint density at radius 1 is 1.10 bits per heavy atom. The highest BCUT2D eigenvalue weighted by Crippen LogP contribution is 2.40. The van der Waals surface area contributed by atoms with Crippen molar-refractivity contribution in [2.75, 3.05) is 26.8 Å². The molecule has 2 aromatic rings. The Kier molecular flexibility index (Phi) is 5.76. The fourth-order valence-corrected chi connectivity index (χ4v) is 4.16. The fraction of sp³-hybridized carbons (Fsp3) is 0.409. The zero-order chi connectivity index (χ0) is 20.2. The SMILES string of the molecule is CO[C@H]1C(=O)N(C2CCN(C(=O)COc3ccccc3)CC2)[C@H]1c1ccncc1. The molecule has 2 saturated heterocycles. The van der Waals surface area contributed by atoms with Crippen LogP contribution in [0.15, 0.2) is 54.9 Å². The number of ether oxygens (including phenoxy) is 2. The van der Waals surface area contributed by atoms with Crippen LogP contribution in [0.5, 0.6) is 5.75 Å². The molecule has 2 aliphatic heterocycles. The molecule has 152 valence electrons. The molecule has 0 radical (unpaired) electrons. The van der Waals surface area contributed by atoms with Crippen LogP contribution in [0.4, 0.5) is 0 Å². The summed E-state index contributed by atoms with van der Waals surface area (Å²) >= 11 is 0. The van der Waals surface area contributed by atoms with Crippen molar-refractivity contribution >= 4 is 11.8 Å². The van der Waals surface area contributed by atoms with Crippen LogP contribution in [-0.4, -0.2) is 65.6 Å². The number of piperidine rings is 1. The molecule has 0 saturated carbocycles. The van der Waals surface area contributed by atoms with Crippen molar-refractivity contribution in [2.45, 2.75) is 31.0 Å². The summed E-state index contributed by atoms with van der Waals surface area (Å²) in [6.07, 6.45) is 4.52. The number of aromatic nitrogens is 1. The van der Waals surface area contributed by atoms with Crippen LogP contribution in [0.3, 0.4) is 0 Å². The van der Waals surface area contributed by atoms with Crippen LogP contribution >= 0.6 is 0 Å². The van der Waals surface area contributed by atoms with Gasteiger partial charge in [0.05, 0.1) is 6.04 Å². The molecule has 7 nitrogen and oxygen atoms in total. The molecular weight excluding hydrogens is 370 g/mol. The second-order valence-corrected chi connectivity index (χ2v) is 7.34. The number of carbonyl (C=O) groups excluding carboxylic acids is 2. The lowest BCUT2D eigenvalue weighted by molar-refractivity contribution is -0.178. The number of carbonyl (C=O) groups is 2. The molecule has 0 unspecified atom stereocenters. The van der Waals surface area contributed by atoms with E-state index >= 15 is 0 Å². The van der Waals surface area contributed by atoms with E-state index in [0.29, 0.717) is 18.8 Å². The Labute approximate surface area is 170 Å². The van der Waals surface area contributed by atoms with Crippen molar-refractivity contribution in [3.05, 3.63) is 60.4 Å². The number of methoxy groups -OCH3 is 1. The zero-order valence-corrected chi connectivity index (χ0v) is 16.4. The minimum atomic E-state index is -0.448. The van der Waals surface area contributed by atoms with Gasteiger partial charge in [0.15, 0.2) is 12.7 Å². The maximum atomic E-state index is 12.6. The molecule has 1 aromatic carbocycles. The summed E-state index contributed by atoms with van der Waals surface area (Å²) in [5.74, 6) is 0.682. The first-order chi connectivity index (χ1) is 14.2. The summed E-state index contributed by atoms with van der Waals surface area (Å²) in [4.78, 5) is 32.9. The molecule has 2 amide bonds. The average molecular weight is 395 g/mol. The van der Waals surface area contributed by atoms with Gasteiger partial charge in [-0.15, -0.1) is 0 Å². The molecule has 29 heavy (non-hydrogen) atoms. The monoisotopic (exact) mass is 395 g/mol. The predicted octanol–water partition coefficient (Wildman–Crippen LogP) is 2.05. The van der Waals surface area contributed by atoms with E-state index in [1.54, 1.807) is 19.5 Å². The van der Waals surface area contributed by atoms with Crippen LogP contribution in [0.25, 0.3) is 0 Å². The Bertz CT molecular complexity index is 838. The number of pyridine rings is 1. The molecule has 0 N–H and O–H groups in total. The third kappa shape index (κ3) is 3.96. The summed E-state index contributed by atoms with van der Waals surface area (Å²) in [7, 11) is 1.57. The lowest BCUT2D eigenvalue weighted by Gasteiger charge is -2.52. The van der Waals surface area contributed by atoms with E-state index < -0.39 is 6.10 Å². The number of hydrogen-bond donors (Lipinski definition) is 0. The topological polar surface area (TPSA) is 72.0 Å². The standard InChI is InChI=1S/C22H25N3O4/c1-28-21-20(16-7-11-23-12-8-16)25(22(21)27)17-9-13-24(14-10-17)19(26)15-29-18-5-3-2-4-6-18/h2-8,11-12,17,20-21H,9-10,13-15H2,1H3/t20-,21+/m0/s1. The number of amides is 2. The van der Waals surface area contributed by atoms with Crippen LogP contribution in [0.2, 0.25) is 0 Å². The van der Waals surface area contributed by atoms with Crippen molar-refractivity contribution in [1.29, 1.82) is 0 Å². The highest BCUT2D eigenvalue weighted by molar-refractivity contribution is 5.89. The van der Waals surface area contributed by atoms with Gasteiger partial charge in [-0.2, -0.15) is 0 Å². The number of likely N-dealkylation sites (tertiary alicyclic amines) is 2. The van der Waals surface area contributed by atoms with Gasteiger partial charge in [0.25, 0.3) is 11.8 Å². The Balaban J connectivity index is 1.34. The summed E-state index contributed by atoms with van der Waals surface area (Å²) in [5, 5.41) is 0. The van der Waals surface area contributed by atoms with Crippen LogP contribution in [-0.2, 0) is 14.3 Å². The van der Waals surface area contributed by atoms with Crippen molar-refractivity contribution < 1.29 is 19.1 Å². The second-order valence-electron chi connectivity index (χ2n) is 7.34. The Hall–Kier alpha value is -2.93. The minimum Gasteiger partial charge on any atom is -0.484 e. The van der Waals surface area contributed by atoms with Crippen LogP contribution in [0, 0.1) is 0 Å². The quantitative estimate of drug-likeness (QED) is 0.700. The van der Waals surface area contributed by atoms with Gasteiger partial charge in [-0.1, -0.05) is 18.2 Å². The number of rotatable bonds is 6. The molecule has 1 aromatic heterocycles. The smallest absolute Gasteiger partial charge is 0.260 e. The number of hydrogen-bond acceptors (Lipinski definition) is 5. The predicted molar refractivity (Wildman–Crippen MR) is 106 cm³/mol. The van der Waals surface area contributed by atoms with Gasteiger partial charge < -0.3 is 19.3 Å². The Morgan fingerprint density at radius 3 is 2.45 bits per heavy atom. The largest absolute Gasteiger partial charge is 0.484 e. The molecule has 2 atom stereocenters. The van der Waals surface area contributed by atoms with Crippen LogP contribution < -0.4 is 4.74 Å². The van der Waals surface area contributed by atoms with E-state index in [1.165, 1.54) is 0 Å². The van der Waals surface area contributed by atoms with Gasteiger partial charge in [-0.3, -0.25) is 14.6 Å². The van der Waals surface area contributed by atoms with Gasteiger partial charge in [0.2, 0.25) is 0 Å². The summed E-state index contributed by atoms with van der Waals surface area (Å²) in [6, 6.07) is 13.2. The van der Waals surface area contributed by atoms with Gasteiger partial charge in [0.1, 0.15) is 5.75 Å². The normalized spacial score (nSPS) is 22.3. The second kappa shape index (κ2) is 8.61. The van der Waals surface area contributed by atoms with E-state index in [-0.39, 0.29) is 30.5 Å². The zero-order valence-electron chi connectivity index (χ0n) is 16.4. The molecular formula is C22H25N3O4. The third-order valence-corrected chi connectivity index (χ3v) is 5.70. The first-order valence-electron chi connectivity index (χ1n) is 9.89. The van der Waals surface area contributed by atoms with Crippen molar-refractivity contribution in [3.8, 4) is 5.75 Å². The third-order valence-electron chi connectivity index (χ3n) is 5.70. The highest BCUT2D eigenvalue weighted by atomic mass is 16.5. The summed E-state index contributed by atoms with van der Waals surface area (Å²) in [6.45, 7) is 1.26. The first kappa shape index (κ1) is 19.4. The first-order valence-corrected chi connectivity index (χ1v) is 9.89. The molecule has 4 rings (SSSR count). The van der Waals surface area contributed by atoms with Gasteiger partial charge in [0, 0.05) is 38.6 Å². The lowest BCUT2D eigenvalue weighted by atomic mass is 9.86. The van der Waals surface area contributed by atoms with E-state index in [0.717, 1.165) is 18.4 Å². The van der Waals surface area contributed by atoms with Gasteiger partial charge >= 0.3 is 0 Å². The van der Waals surface area contributed by atoms with E-state index in [2.05, 4.69) is 4.98 Å².